The molecule has 10 nitrogen and oxygen atoms in total. The number of methoxy groups -OCH3 is 2. The van der Waals surface area contributed by atoms with Crippen molar-refractivity contribution in [3.8, 4) is 11.5 Å². The number of aliphatic hydroxyl groups excluding tert-OH is 1. The van der Waals surface area contributed by atoms with Crippen LogP contribution in [-0.2, 0) is 14.3 Å². The molecule has 1 aliphatic heterocycles. The number of aliphatic hydroxyl groups is 1. The lowest BCUT2D eigenvalue weighted by molar-refractivity contribution is -0.164. The number of nitrogens with one attached hydrogen (secondary N) is 1. The third kappa shape index (κ3) is 5.46. The molecule has 1 heterocycles. The number of hydrogen-bond donors (Lipinski definition) is 2. The van der Waals surface area contributed by atoms with Crippen molar-refractivity contribution in [2.24, 2.45) is 0 Å². The molecule has 1 saturated heterocycles. The van der Waals surface area contributed by atoms with Gasteiger partial charge >= 0.3 is 0 Å². The molecule has 1 aliphatic rings. The molecule has 0 spiro atoms. The van der Waals surface area contributed by atoms with Crippen LogP contribution in [0.3, 0.4) is 0 Å². The Kier molecular flexibility index (Phi) is 8.08. The van der Waals surface area contributed by atoms with Crippen LogP contribution in [0.4, 0.5) is 5.69 Å². The van der Waals surface area contributed by atoms with Crippen molar-refractivity contribution in [2.75, 3.05) is 53.4 Å². The van der Waals surface area contributed by atoms with Gasteiger partial charge in [-0.2, -0.15) is 0 Å². The van der Waals surface area contributed by atoms with E-state index in [0.717, 1.165) is 0 Å². The highest BCUT2D eigenvalue weighted by atomic mass is 16.5. The summed E-state index contributed by atoms with van der Waals surface area (Å²) in [5, 5.41) is 12.8. The van der Waals surface area contributed by atoms with E-state index in [9.17, 15) is 19.5 Å². The molecule has 34 heavy (non-hydrogen) atoms. The minimum absolute atomic E-state index is 0.142. The number of carbonyl (C=O) groups is 3. The largest absolute Gasteiger partial charge is 0.493 e. The molecule has 2 unspecified atom stereocenters. The second kappa shape index (κ2) is 11.0. The van der Waals surface area contributed by atoms with Crippen molar-refractivity contribution in [3.05, 3.63) is 53.6 Å². The molecule has 3 amide bonds. The molecule has 0 aliphatic carbocycles. The molecule has 10 heteroatoms. The molecule has 2 atom stereocenters. The first kappa shape index (κ1) is 25.0. The molecule has 182 valence electrons. The van der Waals surface area contributed by atoms with Crippen molar-refractivity contribution < 1.29 is 33.7 Å². The Balaban J connectivity index is 1.73. The van der Waals surface area contributed by atoms with Gasteiger partial charge in [0.25, 0.3) is 5.91 Å². The van der Waals surface area contributed by atoms with Gasteiger partial charge in [0.15, 0.2) is 11.5 Å². The summed E-state index contributed by atoms with van der Waals surface area (Å²) in [5.41, 5.74) is 1.66. The number of likely N-dealkylation sites (N-methyl/N-ethyl adjacent to an activating group) is 1. The van der Waals surface area contributed by atoms with Crippen molar-refractivity contribution in [3.63, 3.8) is 0 Å². The molecule has 2 aromatic carbocycles. The fourth-order valence-corrected chi connectivity index (χ4v) is 3.65. The lowest BCUT2D eigenvalue weighted by Gasteiger charge is -2.40. The summed E-state index contributed by atoms with van der Waals surface area (Å²) in [5.74, 6) is 0.0377. The average molecular weight is 472 g/mol. The fraction of sp³-hybridized carbons (Fsp3) is 0.375. The summed E-state index contributed by atoms with van der Waals surface area (Å²) in [6, 6.07) is 11.1. The van der Waals surface area contributed by atoms with Gasteiger partial charge in [-0.3, -0.25) is 14.4 Å². The highest BCUT2D eigenvalue weighted by Crippen LogP contribution is 2.31. The molecule has 3 rings (SSSR count). The normalized spacial score (nSPS) is 17.8. The van der Waals surface area contributed by atoms with Crippen LogP contribution in [0.15, 0.2) is 42.5 Å². The van der Waals surface area contributed by atoms with Crippen LogP contribution >= 0.6 is 0 Å². The third-order valence-corrected chi connectivity index (χ3v) is 5.59. The highest BCUT2D eigenvalue weighted by molar-refractivity contribution is 6.04. The van der Waals surface area contributed by atoms with E-state index >= 15 is 0 Å². The Labute approximate surface area is 198 Å². The van der Waals surface area contributed by atoms with Gasteiger partial charge in [0.2, 0.25) is 11.8 Å². The van der Waals surface area contributed by atoms with E-state index in [1.54, 1.807) is 56.6 Å². The zero-order valence-corrected chi connectivity index (χ0v) is 19.6. The van der Waals surface area contributed by atoms with Crippen molar-refractivity contribution in [1.29, 1.82) is 0 Å². The summed E-state index contributed by atoms with van der Waals surface area (Å²) in [4.78, 5) is 39.9. The number of carbonyl (C=O) groups excluding carboxylic acids is 3. The van der Waals surface area contributed by atoms with Crippen LogP contribution in [0.5, 0.6) is 11.5 Å². The number of hydrogen-bond acceptors (Lipinski definition) is 7. The van der Waals surface area contributed by atoms with E-state index in [2.05, 4.69) is 5.32 Å². The summed E-state index contributed by atoms with van der Waals surface area (Å²) in [7, 11) is 6.23. The Morgan fingerprint density at radius 3 is 2.38 bits per heavy atom. The van der Waals surface area contributed by atoms with Crippen LogP contribution in [-0.4, -0.2) is 86.7 Å². The van der Waals surface area contributed by atoms with Gasteiger partial charge in [-0.1, -0.05) is 12.1 Å². The number of amides is 3. The third-order valence-electron chi connectivity index (χ3n) is 5.59. The number of morpholine rings is 1. The second-order valence-electron chi connectivity index (χ2n) is 7.94. The first-order valence-electron chi connectivity index (χ1n) is 10.6. The minimum atomic E-state index is -0.711. The molecular formula is C24H29N3O7. The van der Waals surface area contributed by atoms with E-state index in [4.69, 9.17) is 14.2 Å². The molecule has 2 N–H and O–H groups in total. The van der Waals surface area contributed by atoms with Gasteiger partial charge in [-0.15, -0.1) is 0 Å². The molecule has 0 saturated carbocycles. The Morgan fingerprint density at radius 1 is 1.12 bits per heavy atom. The maximum absolute atomic E-state index is 12.7. The fourth-order valence-electron chi connectivity index (χ4n) is 3.65. The number of ether oxygens (including phenoxy) is 3. The van der Waals surface area contributed by atoms with Gasteiger partial charge in [0.05, 0.1) is 26.9 Å². The SMILES string of the molecule is COc1ccc(C(=O)Nc2ccc(C3OCC(=O)N(CC(=O)N(C)C)C3CO)cc2)cc1OC. The maximum atomic E-state index is 12.7. The molecule has 0 radical (unpaired) electrons. The predicted molar refractivity (Wildman–Crippen MR) is 124 cm³/mol. The average Bonchev–Trinajstić information content (AvgIpc) is 2.84. The van der Waals surface area contributed by atoms with Crippen LogP contribution in [0.25, 0.3) is 0 Å². The van der Waals surface area contributed by atoms with Crippen LogP contribution in [0.1, 0.15) is 22.0 Å². The van der Waals surface area contributed by atoms with Crippen molar-refractivity contribution >= 4 is 23.4 Å². The zero-order chi connectivity index (χ0) is 24.8. The van der Waals surface area contributed by atoms with E-state index in [0.29, 0.717) is 28.3 Å². The van der Waals surface area contributed by atoms with Gasteiger partial charge < -0.3 is 34.4 Å². The highest BCUT2D eigenvalue weighted by Gasteiger charge is 2.38. The van der Waals surface area contributed by atoms with E-state index in [1.165, 1.54) is 24.0 Å². The summed E-state index contributed by atoms with van der Waals surface area (Å²) in [6.45, 7) is -0.703. The summed E-state index contributed by atoms with van der Waals surface area (Å²) < 4.78 is 16.1. The van der Waals surface area contributed by atoms with E-state index in [-0.39, 0.29) is 37.5 Å². The lowest BCUT2D eigenvalue weighted by atomic mass is 9.99. The van der Waals surface area contributed by atoms with Crippen LogP contribution < -0.4 is 14.8 Å². The summed E-state index contributed by atoms with van der Waals surface area (Å²) in [6.07, 6.45) is -0.617. The maximum Gasteiger partial charge on any atom is 0.255 e. The Morgan fingerprint density at radius 2 is 1.79 bits per heavy atom. The van der Waals surface area contributed by atoms with Gasteiger partial charge in [0, 0.05) is 25.3 Å². The Bertz CT molecular complexity index is 1040. The molecule has 2 aromatic rings. The molecule has 1 fully saturated rings. The van der Waals surface area contributed by atoms with Crippen molar-refractivity contribution in [1.82, 2.24) is 9.80 Å². The molecular weight excluding hydrogens is 442 g/mol. The predicted octanol–water partition coefficient (Wildman–Crippen LogP) is 1.31. The van der Waals surface area contributed by atoms with Gasteiger partial charge in [-0.05, 0) is 35.9 Å². The quantitative estimate of drug-likeness (QED) is 0.596. The van der Waals surface area contributed by atoms with Crippen molar-refractivity contribution in [2.45, 2.75) is 12.1 Å². The van der Waals surface area contributed by atoms with E-state index in [1.807, 2.05) is 0 Å². The number of benzene rings is 2. The topological polar surface area (TPSA) is 118 Å². The second-order valence-corrected chi connectivity index (χ2v) is 7.94. The van der Waals surface area contributed by atoms with Crippen LogP contribution in [0, 0.1) is 0 Å². The monoisotopic (exact) mass is 471 g/mol. The lowest BCUT2D eigenvalue weighted by Crippen LogP contribution is -2.55. The van der Waals surface area contributed by atoms with Gasteiger partial charge in [0.1, 0.15) is 19.3 Å². The zero-order valence-electron chi connectivity index (χ0n) is 19.6. The number of anilines is 1. The molecule has 0 aromatic heterocycles. The first-order chi connectivity index (χ1) is 16.3. The number of rotatable bonds is 8. The summed E-state index contributed by atoms with van der Waals surface area (Å²) >= 11 is 0. The minimum Gasteiger partial charge on any atom is -0.493 e. The molecule has 0 bridgehead atoms. The smallest absolute Gasteiger partial charge is 0.255 e. The standard InChI is InChI=1S/C24H29N3O7/c1-26(2)21(29)12-27-18(13-28)23(34-14-22(27)30)15-5-8-17(9-6-15)25-24(31)16-7-10-19(32-3)20(11-16)33-4/h5-11,18,23,28H,12-14H2,1-4H3,(H,25,31). The first-order valence-corrected chi connectivity index (χ1v) is 10.6. The van der Waals surface area contributed by atoms with Gasteiger partial charge in [-0.25, -0.2) is 0 Å². The van der Waals surface area contributed by atoms with E-state index < -0.39 is 12.1 Å². The Hall–Kier alpha value is -3.63. The van der Waals surface area contributed by atoms with Crippen LogP contribution in [0.2, 0.25) is 0 Å². The number of nitrogens with zero attached hydrogens (tertiary/aromatic N) is 2.